The predicted octanol–water partition coefficient (Wildman–Crippen LogP) is 0.577. The first-order valence-electron chi connectivity index (χ1n) is 5.15. The lowest BCUT2D eigenvalue weighted by atomic mass is 10.3. The number of aromatic amines is 1. The summed E-state index contributed by atoms with van der Waals surface area (Å²) in [5.74, 6) is 0. The second-order valence-corrected chi connectivity index (χ2v) is 3.94. The molecule has 0 bridgehead atoms. The summed E-state index contributed by atoms with van der Waals surface area (Å²) in [6, 6.07) is 7.54. The van der Waals surface area contributed by atoms with Crippen LogP contribution >= 0.6 is 11.5 Å². The van der Waals surface area contributed by atoms with Gasteiger partial charge in [-0.05, 0) is 12.1 Å². The van der Waals surface area contributed by atoms with Crippen molar-refractivity contribution in [2.75, 3.05) is 26.4 Å². The van der Waals surface area contributed by atoms with Crippen molar-refractivity contribution in [1.29, 1.82) is 0 Å². The Morgan fingerprint density at radius 3 is 2.41 bits per heavy atom. The van der Waals surface area contributed by atoms with E-state index in [4.69, 9.17) is 10.2 Å². The highest BCUT2D eigenvalue weighted by Crippen LogP contribution is 2.11. The van der Waals surface area contributed by atoms with Gasteiger partial charge in [0.1, 0.15) is 0 Å². The van der Waals surface area contributed by atoms with Crippen LogP contribution in [0.4, 0.5) is 0 Å². The van der Waals surface area contributed by atoms with E-state index < -0.39 is 0 Å². The minimum atomic E-state index is 0.0144. The summed E-state index contributed by atoms with van der Waals surface area (Å²) in [7, 11) is 0. The third-order valence-electron chi connectivity index (χ3n) is 1.86. The fourth-order valence-corrected chi connectivity index (χ4v) is 1.86. The second kappa shape index (κ2) is 7.97. The number of rotatable bonds is 4. The van der Waals surface area contributed by atoms with Gasteiger partial charge in [-0.3, -0.25) is 9.17 Å². The van der Waals surface area contributed by atoms with Gasteiger partial charge in [0.2, 0.25) is 0 Å². The Hall–Kier alpha value is -1.21. The molecule has 0 saturated carbocycles. The fourth-order valence-electron chi connectivity index (χ4n) is 1.13. The summed E-state index contributed by atoms with van der Waals surface area (Å²) in [5, 5.41) is 17.0. The zero-order valence-corrected chi connectivity index (χ0v) is 10.1. The van der Waals surface area contributed by atoms with Gasteiger partial charge in [-0.15, -0.1) is 0 Å². The molecule has 5 nitrogen and oxygen atoms in total. The molecule has 0 unspecified atom stereocenters. The normalized spacial score (nSPS) is 10.0. The smallest absolute Gasteiger partial charge is 0.265 e. The molecule has 2 aromatic rings. The molecule has 0 fully saturated rings. The van der Waals surface area contributed by atoms with Crippen LogP contribution in [0.3, 0.4) is 0 Å². The van der Waals surface area contributed by atoms with Gasteiger partial charge in [-0.25, -0.2) is 0 Å². The standard InChI is InChI=1S/C7H5NOS.C4H10O3/c9-7-5-3-1-2-4-6(5)10-8-7;5-1-3-7-4-2-6/h1-4H,(H,8,9);5-6H,1-4H2. The van der Waals surface area contributed by atoms with Gasteiger partial charge < -0.3 is 14.9 Å². The van der Waals surface area contributed by atoms with Gasteiger partial charge in [0.05, 0.1) is 36.5 Å². The van der Waals surface area contributed by atoms with E-state index in [2.05, 4.69) is 9.11 Å². The van der Waals surface area contributed by atoms with E-state index in [1.807, 2.05) is 24.3 Å². The van der Waals surface area contributed by atoms with Crippen molar-refractivity contribution in [3.05, 3.63) is 34.6 Å². The van der Waals surface area contributed by atoms with E-state index >= 15 is 0 Å². The maximum atomic E-state index is 10.9. The minimum absolute atomic E-state index is 0.0144. The Balaban J connectivity index is 0.000000185. The van der Waals surface area contributed by atoms with E-state index in [1.165, 1.54) is 11.5 Å². The lowest BCUT2D eigenvalue weighted by Crippen LogP contribution is -2.03. The second-order valence-electron chi connectivity index (χ2n) is 3.09. The Labute approximate surface area is 102 Å². The molecular formula is C11H15NO4S. The van der Waals surface area contributed by atoms with Crippen molar-refractivity contribution in [3.63, 3.8) is 0 Å². The molecule has 1 heterocycles. The average Bonchev–Trinajstić information content (AvgIpc) is 2.74. The van der Waals surface area contributed by atoms with E-state index in [-0.39, 0.29) is 18.8 Å². The first-order chi connectivity index (χ1) is 8.29. The van der Waals surface area contributed by atoms with Crippen molar-refractivity contribution in [3.8, 4) is 0 Å². The average molecular weight is 257 g/mol. The summed E-state index contributed by atoms with van der Waals surface area (Å²) < 4.78 is 8.32. The molecule has 0 spiro atoms. The van der Waals surface area contributed by atoms with Crippen molar-refractivity contribution in [2.45, 2.75) is 0 Å². The molecule has 1 aromatic heterocycles. The number of nitrogens with one attached hydrogen (secondary N) is 1. The van der Waals surface area contributed by atoms with E-state index in [0.29, 0.717) is 13.2 Å². The molecule has 0 saturated heterocycles. The number of hydrogen-bond acceptors (Lipinski definition) is 5. The first kappa shape index (κ1) is 13.9. The number of hydrogen-bond donors (Lipinski definition) is 3. The molecule has 6 heteroatoms. The lowest BCUT2D eigenvalue weighted by molar-refractivity contribution is 0.0650. The van der Waals surface area contributed by atoms with E-state index in [1.54, 1.807) is 0 Å². The lowest BCUT2D eigenvalue weighted by Gasteiger charge is -1.94. The highest BCUT2D eigenvalue weighted by Gasteiger charge is 1.96. The zero-order chi connectivity index (χ0) is 12.5. The van der Waals surface area contributed by atoms with Gasteiger partial charge in [-0.1, -0.05) is 23.7 Å². The summed E-state index contributed by atoms with van der Waals surface area (Å²) >= 11 is 1.38. The summed E-state index contributed by atoms with van der Waals surface area (Å²) in [6.45, 7) is 0.696. The molecule has 1 aromatic carbocycles. The molecule has 0 aliphatic rings. The van der Waals surface area contributed by atoms with Crippen LogP contribution in [0.2, 0.25) is 0 Å². The molecule has 0 radical (unpaired) electrons. The number of benzene rings is 1. The van der Waals surface area contributed by atoms with Gasteiger partial charge >= 0.3 is 0 Å². The van der Waals surface area contributed by atoms with Crippen LogP contribution in [0, 0.1) is 0 Å². The Bertz CT molecular complexity index is 475. The highest BCUT2D eigenvalue weighted by atomic mass is 32.1. The summed E-state index contributed by atoms with van der Waals surface area (Å²) in [6.07, 6.45) is 0. The van der Waals surface area contributed by atoms with Crippen molar-refractivity contribution >= 4 is 21.6 Å². The summed E-state index contributed by atoms with van der Waals surface area (Å²) in [5.41, 5.74) is 0.0144. The maximum Gasteiger partial charge on any atom is 0.265 e. The van der Waals surface area contributed by atoms with Crippen molar-refractivity contribution in [1.82, 2.24) is 4.37 Å². The minimum Gasteiger partial charge on any atom is -0.394 e. The summed E-state index contributed by atoms with van der Waals surface area (Å²) in [4.78, 5) is 10.9. The number of aromatic nitrogens is 1. The number of aliphatic hydroxyl groups excluding tert-OH is 2. The number of H-pyrrole nitrogens is 1. The molecule has 0 amide bonds. The van der Waals surface area contributed by atoms with Crippen LogP contribution in [0.1, 0.15) is 0 Å². The number of ether oxygens (including phenoxy) is 1. The van der Waals surface area contributed by atoms with Crippen molar-refractivity contribution in [2.24, 2.45) is 0 Å². The predicted molar refractivity (Wildman–Crippen MR) is 67.4 cm³/mol. The van der Waals surface area contributed by atoms with Gasteiger partial charge in [0.15, 0.2) is 0 Å². The maximum absolute atomic E-state index is 10.9. The number of aliphatic hydroxyl groups is 2. The fraction of sp³-hybridized carbons (Fsp3) is 0.364. The Kier molecular flexibility index (Phi) is 6.49. The van der Waals surface area contributed by atoms with Crippen LogP contribution < -0.4 is 5.56 Å². The van der Waals surface area contributed by atoms with Crippen LogP contribution in [0.15, 0.2) is 29.1 Å². The van der Waals surface area contributed by atoms with Crippen LogP contribution in [0.5, 0.6) is 0 Å². The zero-order valence-electron chi connectivity index (χ0n) is 9.26. The van der Waals surface area contributed by atoms with Gasteiger partial charge in [0.25, 0.3) is 5.56 Å². The van der Waals surface area contributed by atoms with E-state index in [9.17, 15) is 4.79 Å². The molecule has 0 atom stereocenters. The first-order valence-corrected chi connectivity index (χ1v) is 5.97. The molecule has 94 valence electrons. The van der Waals surface area contributed by atoms with E-state index in [0.717, 1.165) is 10.1 Å². The van der Waals surface area contributed by atoms with Crippen LogP contribution in [-0.4, -0.2) is 41.0 Å². The molecule has 0 aliphatic heterocycles. The SMILES string of the molecule is O=c1[nH]sc2ccccc12.OCCOCCO. The molecule has 17 heavy (non-hydrogen) atoms. The number of fused-ring (bicyclic) bond motifs is 1. The van der Waals surface area contributed by atoms with Crippen molar-refractivity contribution < 1.29 is 14.9 Å². The molecular weight excluding hydrogens is 242 g/mol. The third kappa shape index (κ3) is 4.66. The largest absolute Gasteiger partial charge is 0.394 e. The molecule has 3 N–H and O–H groups in total. The topological polar surface area (TPSA) is 82.6 Å². The third-order valence-corrected chi connectivity index (χ3v) is 2.72. The Morgan fingerprint density at radius 2 is 1.82 bits per heavy atom. The Morgan fingerprint density at radius 1 is 1.18 bits per heavy atom. The monoisotopic (exact) mass is 257 g/mol. The highest BCUT2D eigenvalue weighted by molar-refractivity contribution is 7.13. The quantitative estimate of drug-likeness (QED) is 0.700. The van der Waals surface area contributed by atoms with Gasteiger partial charge in [-0.2, -0.15) is 0 Å². The molecule has 0 aliphatic carbocycles. The molecule has 2 rings (SSSR count). The van der Waals surface area contributed by atoms with Gasteiger partial charge in [0, 0.05) is 0 Å². The van der Waals surface area contributed by atoms with Crippen LogP contribution in [-0.2, 0) is 4.74 Å². The van der Waals surface area contributed by atoms with Crippen LogP contribution in [0.25, 0.3) is 10.1 Å².